The number of nitrogens with one attached hydrogen (secondary N) is 1. The van der Waals surface area contributed by atoms with Gasteiger partial charge in [-0.05, 0) is 12.5 Å². The predicted molar refractivity (Wildman–Crippen MR) is 72.4 cm³/mol. The van der Waals surface area contributed by atoms with Crippen LogP contribution in [-0.2, 0) is 0 Å². The molecule has 20 heavy (non-hydrogen) atoms. The van der Waals surface area contributed by atoms with Crippen LogP contribution in [0.2, 0.25) is 0 Å². The van der Waals surface area contributed by atoms with Gasteiger partial charge in [-0.15, -0.1) is 0 Å². The Balaban J connectivity index is 2.05. The summed E-state index contributed by atoms with van der Waals surface area (Å²) in [6.45, 7) is 0.0552. The van der Waals surface area contributed by atoms with Gasteiger partial charge < -0.3 is 9.52 Å². The molecule has 3 rings (SSSR count). The molecule has 1 aliphatic rings. The van der Waals surface area contributed by atoms with Gasteiger partial charge in [0.1, 0.15) is 0 Å². The van der Waals surface area contributed by atoms with Crippen LogP contribution in [0.1, 0.15) is 12.5 Å². The van der Waals surface area contributed by atoms with Crippen molar-refractivity contribution in [2.75, 3.05) is 6.61 Å². The molecule has 0 fully saturated rings. The smallest absolute Gasteiger partial charge is 0.328 e. The topological polar surface area (TPSA) is 88.2 Å². The molecule has 6 heteroatoms. The van der Waals surface area contributed by atoms with Gasteiger partial charge in [-0.2, -0.15) is 0 Å². The van der Waals surface area contributed by atoms with E-state index in [2.05, 4.69) is 4.98 Å². The average Bonchev–Trinajstić information content (AvgIpc) is 3.09. The zero-order valence-electron chi connectivity index (χ0n) is 10.7. The van der Waals surface area contributed by atoms with E-state index in [1.54, 1.807) is 12.3 Å². The summed E-state index contributed by atoms with van der Waals surface area (Å²) >= 11 is 0. The minimum Gasteiger partial charge on any atom is -0.472 e. The molecule has 0 radical (unpaired) electrons. The van der Waals surface area contributed by atoms with Crippen molar-refractivity contribution < 1.29 is 9.52 Å². The average molecular weight is 274 g/mol. The van der Waals surface area contributed by atoms with Gasteiger partial charge >= 0.3 is 5.69 Å². The first-order valence-electron chi connectivity index (χ1n) is 6.36. The lowest BCUT2D eigenvalue weighted by Crippen LogP contribution is -2.32. The molecule has 6 nitrogen and oxygen atoms in total. The largest absolute Gasteiger partial charge is 0.472 e. The van der Waals surface area contributed by atoms with E-state index in [0.29, 0.717) is 17.5 Å². The second-order valence-corrected chi connectivity index (χ2v) is 4.85. The van der Waals surface area contributed by atoms with E-state index in [9.17, 15) is 9.59 Å². The maximum absolute atomic E-state index is 11.9. The Morgan fingerprint density at radius 3 is 2.90 bits per heavy atom. The molecule has 0 saturated carbocycles. The molecule has 1 aliphatic carbocycles. The fourth-order valence-electron chi connectivity index (χ4n) is 2.45. The Labute approximate surface area is 114 Å². The van der Waals surface area contributed by atoms with Gasteiger partial charge in [-0.25, -0.2) is 4.79 Å². The number of aromatic amines is 1. The van der Waals surface area contributed by atoms with Crippen LogP contribution in [-0.4, -0.2) is 21.3 Å². The molecule has 0 amide bonds. The number of aliphatic hydroxyl groups is 1. The molecule has 0 unspecified atom stereocenters. The highest BCUT2D eigenvalue weighted by molar-refractivity contribution is 5.59. The predicted octanol–water partition coefficient (Wildman–Crippen LogP) is 0.906. The van der Waals surface area contributed by atoms with Crippen molar-refractivity contribution in [1.82, 2.24) is 9.55 Å². The zero-order valence-corrected chi connectivity index (χ0v) is 10.7. The van der Waals surface area contributed by atoms with Crippen LogP contribution in [0.15, 0.2) is 50.9 Å². The van der Waals surface area contributed by atoms with E-state index in [-0.39, 0.29) is 18.6 Å². The van der Waals surface area contributed by atoms with Crippen molar-refractivity contribution in [2.45, 2.75) is 12.5 Å². The van der Waals surface area contributed by atoms with Crippen LogP contribution in [0.3, 0.4) is 0 Å². The minimum absolute atomic E-state index is 0.0520. The van der Waals surface area contributed by atoms with Crippen molar-refractivity contribution in [2.24, 2.45) is 5.92 Å². The second-order valence-electron chi connectivity index (χ2n) is 4.85. The molecule has 2 atom stereocenters. The van der Waals surface area contributed by atoms with Crippen molar-refractivity contribution in [1.29, 1.82) is 0 Å². The third-order valence-corrected chi connectivity index (χ3v) is 3.54. The molecule has 0 saturated heterocycles. The fraction of sp³-hybridized carbons (Fsp3) is 0.286. The number of allylic oxidation sites excluding steroid dienone is 1. The van der Waals surface area contributed by atoms with Crippen molar-refractivity contribution >= 4 is 0 Å². The van der Waals surface area contributed by atoms with Gasteiger partial charge in [-0.1, -0.05) is 12.2 Å². The zero-order chi connectivity index (χ0) is 14.1. The van der Waals surface area contributed by atoms with Gasteiger partial charge in [0.25, 0.3) is 5.56 Å². The first-order chi connectivity index (χ1) is 9.69. The summed E-state index contributed by atoms with van der Waals surface area (Å²) < 4.78 is 6.45. The van der Waals surface area contributed by atoms with E-state index >= 15 is 0 Å². The first-order valence-corrected chi connectivity index (χ1v) is 6.36. The van der Waals surface area contributed by atoms with Crippen LogP contribution in [0.5, 0.6) is 0 Å². The number of furan rings is 1. The number of hydrogen-bond donors (Lipinski definition) is 2. The minimum atomic E-state index is -0.449. The Morgan fingerprint density at radius 2 is 2.25 bits per heavy atom. The van der Waals surface area contributed by atoms with Crippen molar-refractivity contribution in [3.63, 3.8) is 0 Å². The quantitative estimate of drug-likeness (QED) is 0.814. The summed E-state index contributed by atoms with van der Waals surface area (Å²) in [5.41, 5.74) is 0.128. The van der Waals surface area contributed by atoms with Gasteiger partial charge in [0.05, 0.1) is 24.1 Å². The Hall–Kier alpha value is -2.34. The SMILES string of the molecule is O=c1[nH]c(=O)n([C@@H]2C=C[C@H](CO)C2)cc1-c1ccoc1. The summed E-state index contributed by atoms with van der Waals surface area (Å²) in [7, 11) is 0. The highest BCUT2D eigenvalue weighted by atomic mass is 16.3. The van der Waals surface area contributed by atoms with E-state index in [4.69, 9.17) is 9.52 Å². The molecule has 2 heterocycles. The highest BCUT2D eigenvalue weighted by Crippen LogP contribution is 2.26. The summed E-state index contributed by atoms with van der Waals surface area (Å²) in [6.07, 6.45) is 8.88. The third-order valence-electron chi connectivity index (χ3n) is 3.54. The van der Waals surface area contributed by atoms with Crippen LogP contribution in [0.4, 0.5) is 0 Å². The molecule has 104 valence electrons. The maximum atomic E-state index is 11.9. The highest BCUT2D eigenvalue weighted by Gasteiger charge is 2.21. The fourth-order valence-corrected chi connectivity index (χ4v) is 2.45. The van der Waals surface area contributed by atoms with E-state index in [1.165, 1.54) is 17.1 Å². The summed E-state index contributed by atoms with van der Waals surface area (Å²) in [5, 5.41) is 9.14. The summed E-state index contributed by atoms with van der Waals surface area (Å²) in [5.74, 6) is 0.0520. The van der Waals surface area contributed by atoms with Crippen LogP contribution < -0.4 is 11.2 Å². The molecule has 0 spiro atoms. The van der Waals surface area contributed by atoms with Crippen LogP contribution in [0, 0.1) is 5.92 Å². The normalized spacial score (nSPS) is 21.4. The molecular weight excluding hydrogens is 260 g/mol. The maximum Gasteiger partial charge on any atom is 0.328 e. The lowest BCUT2D eigenvalue weighted by Gasteiger charge is -2.14. The molecule has 0 aliphatic heterocycles. The molecule has 2 N–H and O–H groups in total. The summed E-state index contributed by atoms with van der Waals surface area (Å²) in [4.78, 5) is 26.1. The number of rotatable bonds is 3. The third kappa shape index (κ3) is 2.14. The molecule has 0 bridgehead atoms. The number of aromatic nitrogens is 2. The standard InChI is InChI=1S/C14H14N2O4/c17-7-9-1-2-11(5-9)16-6-12(10-3-4-20-8-10)13(18)15-14(16)19/h1-4,6,8-9,11,17H,5,7H2,(H,15,18,19)/t9-,11+/m0/s1. The Kier molecular flexibility index (Phi) is 3.15. The second kappa shape index (κ2) is 4.97. The van der Waals surface area contributed by atoms with Gasteiger partial charge in [0.2, 0.25) is 0 Å². The van der Waals surface area contributed by atoms with Gasteiger partial charge in [0.15, 0.2) is 0 Å². The van der Waals surface area contributed by atoms with Crippen molar-refractivity contribution in [3.8, 4) is 11.1 Å². The molecule has 0 aromatic carbocycles. The van der Waals surface area contributed by atoms with Crippen LogP contribution >= 0.6 is 0 Å². The Morgan fingerprint density at radius 1 is 1.40 bits per heavy atom. The van der Waals surface area contributed by atoms with E-state index in [1.807, 2.05) is 12.2 Å². The van der Waals surface area contributed by atoms with Crippen molar-refractivity contribution in [3.05, 3.63) is 57.8 Å². The molecule has 2 aromatic rings. The number of aliphatic hydroxyl groups excluding tert-OH is 1. The van der Waals surface area contributed by atoms with Crippen LogP contribution in [0.25, 0.3) is 11.1 Å². The summed E-state index contributed by atoms with van der Waals surface area (Å²) in [6, 6.07) is 1.52. The Bertz CT molecular complexity index is 739. The first kappa shape index (κ1) is 12.7. The van der Waals surface area contributed by atoms with Gasteiger partial charge in [0, 0.05) is 24.3 Å². The molecule has 2 aromatic heterocycles. The van der Waals surface area contributed by atoms with Gasteiger partial charge in [-0.3, -0.25) is 14.3 Å². The number of nitrogens with zero attached hydrogens (tertiary/aromatic N) is 1. The molecular formula is C14H14N2O4. The van der Waals surface area contributed by atoms with E-state index < -0.39 is 11.2 Å². The lowest BCUT2D eigenvalue weighted by molar-refractivity contribution is 0.243. The lowest BCUT2D eigenvalue weighted by atomic mass is 10.1. The number of hydrogen-bond acceptors (Lipinski definition) is 4. The monoisotopic (exact) mass is 274 g/mol. The number of H-pyrrole nitrogens is 1. The van der Waals surface area contributed by atoms with E-state index in [0.717, 1.165) is 0 Å².